The summed E-state index contributed by atoms with van der Waals surface area (Å²) in [5, 5.41) is 0.638. The maximum Gasteiger partial charge on any atom is 0.257 e. The molecule has 2 aromatic carbocycles. The molecule has 1 aliphatic heterocycles. The van der Waals surface area contributed by atoms with Gasteiger partial charge in [0.25, 0.3) is 5.91 Å². The number of carbonyl (C=O) groups excluding carboxylic acids is 3. The van der Waals surface area contributed by atoms with Crippen molar-refractivity contribution >= 4 is 57.6 Å². The van der Waals surface area contributed by atoms with Crippen molar-refractivity contribution in [3.8, 4) is 0 Å². The molecule has 29 heavy (non-hydrogen) atoms. The van der Waals surface area contributed by atoms with Crippen molar-refractivity contribution in [3.63, 3.8) is 0 Å². The van der Waals surface area contributed by atoms with Crippen LogP contribution in [0.2, 0.25) is 5.02 Å². The highest BCUT2D eigenvalue weighted by Crippen LogP contribution is 2.34. The molecule has 3 amide bonds. The monoisotopic (exact) mass is 522 g/mol. The van der Waals surface area contributed by atoms with E-state index in [0.29, 0.717) is 23.7 Å². The van der Waals surface area contributed by atoms with Gasteiger partial charge in [-0.15, -0.1) is 0 Å². The number of hydrogen-bond acceptors (Lipinski definition) is 3. The molecular weight excluding hydrogens is 503 g/mol. The Hall–Kier alpha value is -1.93. The lowest BCUT2D eigenvalue weighted by molar-refractivity contribution is -0.139. The van der Waals surface area contributed by atoms with Crippen LogP contribution in [0, 0.1) is 9.49 Å². The average molecular weight is 523 g/mol. The number of rotatable bonds is 6. The Morgan fingerprint density at radius 2 is 1.86 bits per heavy atom. The standard InChI is InChI=1S/C22H20ClIN2O3/c23-16-3-1-2-14(12-16)10-11-25(21(28)15-4-5-15)19-13-20(27)26(22(19)29)18-8-6-17(24)7-9-18/h1-3,6-9,12,15,19H,4-5,10-11,13H2. The first kappa shape index (κ1) is 20.3. The Labute approximate surface area is 188 Å². The maximum absolute atomic E-state index is 13.1. The Bertz CT molecular complexity index is 959. The highest BCUT2D eigenvalue weighted by Gasteiger charge is 2.46. The highest BCUT2D eigenvalue weighted by atomic mass is 127. The van der Waals surface area contributed by atoms with E-state index in [1.54, 1.807) is 23.1 Å². The summed E-state index contributed by atoms with van der Waals surface area (Å²) < 4.78 is 1.02. The van der Waals surface area contributed by atoms with Crippen LogP contribution in [0.15, 0.2) is 48.5 Å². The zero-order chi connectivity index (χ0) is 20.5. The molecule has 1 atom stereocenters. The largest absolute Gasteiger partial charge is 0.330 e. The summed E-state index contributed by atoms with van der Waals surface area (Å²) in [6, 6.07) is 14.0. The van der Waals surface area contributed by atoms with Crippen molar-refractivity contribution in [1.82, 2.24) is 4.90 Å². The van der Waals surface area contributed by atoms with Crippen molar-refractivity contribution < 1.29 is 14.4 Å². The lowest BCUT2D eigenvalue weighted by Gasteiger charge is -2.28. The minimum Gasteiger partial charge on any atom is -0.330 e. The van der Waals surface area contributed by atoms with E-state index in [1.165, 1.54) is 4.90 Å². The summed E-state index contributed by atoms with van der Waals surface area (Å²) in [6.07, 6.45) is 2.31. The lowest BCUT2D eigenvalue weighted by atomic mass is 10.1. The summed E-state index contributed by atoms with van der Waals surface area (Å²) in [5.74, 6) is -0.638. The summed E-state index contributed by atoms with van der Waals surface area (Å²) in [5.41, 5.74) is 1.55. The van der Waals surface area contributed by atoms with Crippen molar-refractivity contribution in [3.05, 3.63) is 62.7 Å². The average Bonchev–Trinajstić information content (AvgIpc) is 3.50. The van der Waals surface area contributed by atoms with E-state index in [0.717, 1.165) is 22.0 Å². The molecule has 2 aliphatic rings. The molecule has 4 rings (SSSR count). The smallest absolute Gasteiger partial charge is 0.257 e. The van der Waals surface area contributed by atoms with Gasteiger partial charge in [0.2, 0.25) is 11.8 Å². The number of nitrogens with zero attached hydrogens (tertiary/aromatic N) is 2. The van der Waals surface area contributed by atoms with Crippen LogP contribution in [0.25, 0.3) is 0 Å². The Kier molecular flexibility index (Phi) is 5.92. The van der Waals surface area contributed by atoms with Crippen molar-refractivity contribution in [2.75, 3.05) is 11.4 Å². The number of anilines is 1. The molecule has 2 fully saturated rings. The molecule has 0 bridgehead atoms. The van der Waals surface area contributed by atoms with E-state index in [1.807, 2.05) is 30.3 Å². The fraction of sp³-hybridized carbons (Fsp3) is 0.318. The van der Waals surface area contributed by atoms with Gasteiger partial charge in [0.1, 0.15) is 6.04 Å². The molecular formula is C22H20ClIN2O3. The van der Waals surface area contributed by atoms with Crippen molar-refractivity contribution in [2.24, 2.45) is 5.92 Å². The fourth-order valence-corrected chi connectivity index (χ4v) is 4.22. The first-order chi connectivity index (χ1) is 13.9. The number of halogens is 2. The van der Waals surface area contributed by atoms with Crippen LogP contribution in [-0.2, 0) is 20.8 Å². The molecule has 5 nitrogen and oxygen atoms in total. The van der Waals surface area contributed by atoms with Crippen LogP contribution in [-0.4, -0.2) is 35.2 Å². The molecule has 1 saturated heterocycles. The summed E-state index contributed by atoms with van der Waals surface area (Å²) in [4.78, 5) is 41.6. The van der Waals surface area contributed by atoms with Gasteiger partial charge < -0.3 is 4.90 Å². The van der Waals surface area contributed by atoms with Gasteiger partial charge in [-0.05, 0) is 83.8 Å². The summed E-state index contributed by atoms with van der Waals surface area (Å²) in [6.45, 7) is 0.389. The number of hydrogen-bond donors (Lipinski definition) is 0. The Morgan fingerprint density at radius 3 is 2.52 bits per heavy atom. The van der Waals surface area contributed by atoms with Gasteiger partial charge in [-0.25, -0.2) is 4.90 Å². The third-order valence-corrected chi connectivity index (χ3v) is 6.28. The van der Waals surface area contributed by atoms with E-state index in [-0.39, 0.29) is 30.1 Å². The Balaban J connectivity index is 1.55. The third-order valence-electron chi connectivity index (χ3n) is 5.32. The minimum atomic E-state index is -0.742. The normalized spacial score (nSPS) is 19.0. The summed E-state index contributed by atoms with van der Waals surface area (Å²) in [7, 11) is 0. The van der Waals surface area contributed by atoms with Crippen LogP contribution in [0.3, 0.4) is 0 Å². The van der Waals surface area contributed by atoms with Gasteiger partial charge >= 0.3 is 0 Å². The predicted molar refractivity (Wildman–Crippen MR) is 120 cm³/mol. The van der Waals surface area contributed by atoms with E-state index in [2.05, 4.69) is 22.6 Å². The molecule has 1 heterocycles. The first-order valence-corrected chi connectivity index (χ1v) is 11.1. The molecule has 1 saturated carbocycles. The molecule has 2 aromatic rings. The van der Waals surface area contributed by atoms with E-state index >= 15 is 0 Å². The van der Waals surface area contributed by atoms with Crippen LogP contribution >= 0.6 is 34.2 Å². The van der Waals surface area contributed by atoms with E-state index in [4.69, 9.17) is 11.6 Å². The molecule has 0 N–H and O–H groups in total. The SMILES string of the molecule is O=C1CC(N(CCc2cccc(Cl)c2)C(=O)C2CC2)C(=O)N1c1ccc(I)cc1. The van der Waals surface area contributed by atoms with Crippen LogP contribution < -0.4 is 4.90 Å². The van der Waals surface area contributed by atoms with Gasteiger partial charge in [0.15, 0.2) is 0 Å². The topological polar surface area (TPSA) is 57.7 Å². The molecule has 7 heteroatoms. The third kappa shape index (κ3) is 4.48. The van der Waals surface area contributed by atoms with E-state index in [9.17, 15) is 14.4 Å². The second-order valence-electron chi connectivity index (χ2n) is 7.45. The van der Waals surface area contributed by atoms with Crippen molar-refractivity contribution in [1.29, 1.82) is 0 Å². The molecule has 0 aromatic heterocycles. The Morgan fingerprint density at radius 1 is 1.14 bits per heavy atom. The van der Waals surface area contributed by atoms with E-state index < -0.39 is 6.04 Å². The van der Waals surface area contributed by atoms with Crippen LogP contribution in [0.5, 0.6) is 0 Å². The number of carbonyl (C=O) groups is 3. The minimum absolute atomic E-state index is 0.0235. The number of benzene rings is 2. The molecule has 150 valence electrons. The van der Waals surface area contributed by atoms with Crippen LogP contribution in [0.4, 0.5) is 5.69 Å². The predicted octanol–water partition coefficient (Wildman–Crippen LogP) is 4.06. The molecule has 1 aliphatic carbocycles. The quantitative estimate of drug-likeness (QED) is 0.425. The molecule has 1 unspecified atom stereocenters. The lowest BCUT2D eigenvalue weighted by Crippen LogP contribution is -2.47. The fourth-order valence-electron chi connectivity index (χ4n) is 3.65. The molecule has 0 spiro atoms. The number of imide groups is 1. The number of amides is 3. The second kappa shape index (κ2) is 8.44. The maximum atomic E-state index is 13.1. The van der Waals surface area contributed by atoms with Gasteiger partial charge in [0.05, 0.1) is 12.1 Å². The van der Waals surface area contributed by atoms with Crippen molar-refractivity contribution in [2.45, 2.75) is 31.7 Å². The molecule has 0 radical (unpaired) electrons. The summed E-state index contributed by atoms with van der Waals surface area (Å²) >= 11 is 8.24. The second-order valence-corrected chi connectivity index (χ2v) is 9.13. The van der Waals surface area contributed by atoms with Gasteiger partial charge in [-0.2, -0.15) is 0 Å². The highest BCUT2D eigenvalue weighted by molar-refractivity contribution is 14.1. The van der Waals surface area contributed by atoms with Gasteiger partial charge in [0, 0.05) is 21.1 Å². The van der Waals surface area contributed by atoms with Gasteiger partial charge in [-0.1, -0.05) is 23.7 Å². The first-order valence-electron chi connectivity index (χ1n) is 9.61. The van der Waals surface area contributed by atoms with Crippen LogP contribution in [0.1, 0.15) is 24.8 Å². The van der Waals surface area contributed by atoms with Gasteiger partial charge in [-0.3, -0.25) is 14.4 Å². The zero-order valence-electron chi connectivity index (χ0n) is 15.7. The zero-order valence-corrected chi connectivity index (χ0v) is 18.6.